The number of carboxylic acid groups (broad SMARTS) is 1. The first-order valence-corrected chi connectivity index (χ1v) is 13.9. The molecular weight excluding hydrogens is 460 g/mol. The molecule has 4 unspecified atom stereocenters. The molecule has 11 atom stereocenters. The molecule has 4 rings (SSSR count). The number of rotatable bonds is 6. The Labute approximate surface area is 215 Å². The van der Waals surface area contributed by atoms with Crippen LogP contribution < -0.4 is 0 Å². The van der Waals surface area contributed by atoms with E-state index in [1.807, 2.05) is 6.92 Å². The van der Waals surface area contributed by atoms with Crippen molar-refractivity contribution in [2.45, 2.75) is 105 Å². The summed E-state index contributed by atoms with van der Waals surface area (Å²) in [5.74, 6) is -0.822. The Hall–Kier alpha value is -1.92. The summed E-state index contributed by atoms with van der Waals surface area (Å²) in [5.41, 5.74) is -0.524. The molecule has 4 fully saturated rings. The van der Waals surface area contributed by atoms with Gasteiger partial charge in [0.15, 0.2) is 0 Å². The topological polar surface area (TPSA) is 107 Å². The van der Waals surface area contributed by atoms with Crippen molar-refractivity contribution < 1.29 is 33.8 Å². The van der Waals surface area contributed by atoms with Crippen LogP contribution in [0, 0.1) is 52.3 Å². The zero-order valence-electron chi connectivity index (χ0n) is 22.7. The first-order chi connectivity index (χ1) is 16.8. The minimum Gasteiger partial charge on any atom is -0.481 e. The molecule has 4 aliphatic carbocycles. The zero-order valence-corrected chi connectivity index (χ0v) is 22.7. The highest BCUT2D eigenvalue weighted by Crippen LogP contribution is 2.69. The Morgan fingerprint density at radius 3 is 2.28 bits per heavy atom. The molecule has 0 aromatic rings. The van der Waals surface area contributed by atoms with E-state index in [2.05, 4.69) is 20.8 Å². The monoisotopic (exact) mass is 504 g/mol. The van der Waals surface area contributed by atoms with Gasteiger partial charge in [-0.2, -0.15) is 0 Å². The molecular formula is C29H44O7. The summed E-state index contributed by atoms with van der Waals surface area (Å²) in [5, 5.41) is 9.45. The summed E-state index contributed by atoms with van der Waals surface area (Å²) in [7, 11) is 0. The van der Waals surface area contributed by atoms with Gasteiger partial charge in [0, 0.05) is 38.5 Å². The molecule has 7 nitrogen and oxygen atoms in total. The van der Waals surface area contributed by atoms with Crippen molar-refractivity contribution >= 4 is 23.7 Å². The Kier molecular flexibility index (Phi) is 7.35. The lowest BCUT2D eigenvalue weighted by atomic mass is 9.41. The number of Topliss-reactive ketones (excluding diaryl/α,β-unsaturated/α-hetero) is 1. The van der Waals surface area contributed by atoms with Gasteiger partial charge >= 0.3 is 17.9 Å². The standard InChI is InChI=1S/C29H44O7/c1-7-19-22-13-18(35-16(3)30)10-11-28(22,5)26-23(32)14-29(6)20(15(2)12-24(33)34)8-9-21(29)25(26)27(19)36-17(4)31/h15,18-22,25-27H,7-14H2,1-6H3,(H,33,34)/t15-,18-,19-,20-,21?,22+,25?,26?,27?,28+,29-/m1/s1. The summed E-state index contributed by atoms with van der Waals surface area (Å²) in [6.07, 6.45) is 4.98. The Morgan fingerprint density at radius 1 is 1.03 bits per heavy atom. The smallest absolute Gasteiger partial charge is 0.303 e. The van der Waals surface area contributed by atoms with Crippen LogP contribution in [-0.4, -0.2) is 41.0 Å². The van der Waals surface area contributed by atoms with Crippen LogP contribution in [0.25, 0.3) is 0 Å². The fourth-order valence-corrected chi connectivity index (χ4v) is 9.81. The van der Waals surface area contributed by atoms with E-state index < -0.39 is 5.97 Å². The highest BCUT2D eigenvalue weighted by Gasteiger charge is 2.68. The van der Waals surface area contributed by atoms with E-state index in [0.29, 0.717) is 12.8 Å². The van der Waals surface area contributed by atoms with Crippen LogP contribution in [0.1, 0.15) is 92.9 Å². The predicted octanol–water partition coefficient (Wildman–Crippen LogP) is 5.04. The van der Waals surface area contributed by atoms with E-state index in [1.54, 1.807) is 0 Å². The van der Waals surface area contributed by atoms with Crippen LogP contribution in [0.3, 0.4) is 0 Å². The van der Waals surface area contributed by atoms with E-state index in [0.717, 1.165) is 32.1 Å². The van der Waals surface area contributed by atoms with Crippen LogP contribution in [0.5, 0.6) is 0 Å². The normalized spacial score (nSPS) is 44.6. The van der Waals surface area contributed by atoms with Crippen LogP contribution in [0.2, 0.25) is 0 Å². The van der Waals surface area contributed by atoms with Crippen molar-refractivity contribution in [3.05, 3.63) is 0 Å². The van der Waals surface area contributed by atoms with Crippen LogP contribution in [0.4, 0.5) is 0 Å². The lowest BCUT2D eigenvalue weighted by Gasteiger charge is -2.64. The fourth-order valence-electron chi connectivity index (χ4n) is 9.81. The lowest BCUT2D eigenvalue weighted by Crippen LogP contribution is -2.65. The fraction of sp³-hybridized carbons (Fsp3) is 0.862. The van der Waals surface area contributed by atoms with Crippen molar-refractivity contribution in [3.63, 3.8) is 0 Å². The maximum atomic E-state index is 14.2. The second-order valence-corrected chi connectivity index (χ2v) is 12.8. The summed E-state index contributed by atoms with van der Waals surface area (Å²) in [4.78, 5) is 49.8. The summed E-state index contributed by atoms with van der Waals surface area (Å²) < 4.78 is 11.8. The number of hydrogen-bond acceptors (Lipinski definition) is 6. The number of fused-ring (bicyclic) bond motifs is 5. The molecule has 0 spiro atoms. The third kappa shape index (κ3) is 4.38. The number of esters is 2. The minimum atomic E-state index is -0.795. The zero-order chi connectivity index (χ0) is 26.6. The van der Waals surface area contributed by atoms with E-state index in [4.69, 9.17) is 9.47 Å². The quantitative estimate of drug-likeness (QED) is 0.505. The largest absolute Gasteiger partial charge is 0.481 e. The second-order valence-electron chi connectivity index (χ2n) is 12.8. The van der Waals surface area contributed by atoms with Gasteiger partial charge in [0.1, 0.15) is 18.0 Å². The summed E-state index contributed by atoms with van der Waals surface area (Å²) >= 11 is 0. The summed E-state index contributed by atoms with van der Waals surface area (Å²) in [6, 6.07) is 0. The molecule has 0 saturated heterocycles. The second kappa shape index (κ2) is 9.75. The van der Waals surface area contributed by atoms with Crippen molar-refractivity contribution in [2.75, 3.05) is 0 Å². The van der Waals surface area contributed by atoms with Crippen molar-refractivity contribution in [2.24, 2.45) is 52.3 Å². The number of carboxylic acids is 1. The number of hydrogen-bond donors (Lipinski definition) is 1. The van der Waals surface area contributed by atoms with Gasteiger partial charge in [0.25, 0.3) is 0 Å². The predicted molar refractivity (Wildman–Crippen MR) is 133 cm³/mol. The van der Waals surface area contributed by atoms with Crippen molar-refractivity contribution in [1.82, 2.24) is 0 Å². The molecule has 0 amide bonds. The maximum absolute atomic E-state index is 14.2. The number of carbonyl (C=O) groups excluding carboxylic acids is 3. The first-order valence-electron chi connectivity index (χ1n) is 13.9. The average Bonchev–Trinajstić information content (AvgIpc) is 3.09. The van der Waals surface area contributed by atoms with Gasteiger partial charge in [-0.1, -0.05) is 27.7 Å². The SMILES string of the molecule is CC[C@H]1C(OC(C)=O)C2C3CC[C@H]([C@H](C)CC(=O)O)[C@@]3(C)CC(=O)C2[C@@]2(C)CC[C@@H](OC(C)=O)C[C@@H]12. The molecule has 4 saturated carbocycles. The van der Waals surface area contributed by atoms with Crippen molar-refractivity contribution in [1.29, 1.82) is 0 Å². The van der Waals surface area contributed by atoms with Gasteiger partial charge in [-0.15, -0.1) is 0 Å². The van der Waals surface area contributed by atoms with E-state index >= 15 is 0 Å². The van der Waals surface area contributed by atoms with Crippen molar-refractivity contribution in [3.8, 4) is 0 Å². The number of aliphatic carboxylic acids is 1. The molecule has 0 radical (unpaired) electrons. The highest BCUT2D eigenvalue weighted by molar-refractivity contribution is 5.84. The van der Waals surface area contributed by atoms with Gasteiger partial charge < -0.3 is 14.6 Å². The van der Waals surface area contributed by atoms with E-state index in [1.165, 1.54) is 13.8 Å². The van der Waals surface area contributed by atoms with Gasteiger partial charge in [-0.3, -0.25) is 19.2 Å². The van der Waals surface area contributed by atoms with Gasteiger partial charge in [0.2, 0.25) is 0 Å². The molecule has 0 bridgehead atoms. The molecule has 0 aromatic heterocycles. The third-order valence-corrected chi connectivity index (χ3v) is 10.9. The van der Waals surface area contributed by atoms with Crippen LogP contribution >= 0.6 is 0 Å². The van der Waals surface area contributed by atoms with Gasteiger partial charge in [-0.05, 0) is 78.9 Å². The number of ether oxygens (including phenoxy) is 2. The Morgan fingerprint density at radius 2 is 1.69 bits per heavy atom. The Balaban J connectivity index is 1.76. The number of ketones is 1. The Bertz CT molecular complexity index is 913. The van der Waals surface area contributed by atoms with E-state index in [9.17, 15) is 24.3 Å². The lowest BCUT2D eigenvalue weighted by molar-refractivity contribution is -0.216. The van der Waals surface area contributed by atoms with E-state index in [-0.39, 0.29) is 88.6 Å². The molecule has 7 heteroatoms. The van der Waals surface area contributed by atoms with Gasteiger partial charge in [0.05, 0.1) is 0 Å². The highest BCUT2D eigenvalue weighted by atomic mass is 16.5. The first kappa shape index (κ1) is 27.1. The molecule has 36 heavy (non-hydrogen) atoms. The third-order valence-electron chi connectivity index (χ3n) is 10.9. The number of carbonyl (C=O) groups is 4. The minimum absolute atomic E-state index is 0.0120. The molecule has 1 N–H and O–H groups in total. The molecule has 0 aliphatic heterocycles. The van der Waals surface area contributed by atoms with Crippen LogP contribution in [0.15, 0.2) is 0 Å². The molecule has 4 aliphatic rings. The molecule has 202 valence electrons. The molecule has 0 aromatic carbocycles. The molecule has 0 heterocycles. The van der Waals surface area contributed by atoms with Crippen LogP contribution in [-0.2, 0) is 28.7 Å². The average molecular weight is 505 g/mol. The summed E-state index contributed by atoms with van der Waals surface area (Å²) in [6.45, 7) is 11.5. The maximum Gasteiger partial charge on any atom is 0.303 e. The van der Waals surface area contributed by atoms with Gasteiger partial charge in [-0.25, -0.2) is 0 Å².